The lowest BCUT2D eigenvalue weighted by Crippen LogP contribution is -2.11. The Morgan fingerprint density at radius 1 is 1.26 bits per heavy atom. The fourth-order valence-corrected chi connectivity index (χ4v) is 3.20. The Bertz CT molecular complexity index is 738. The molecule has 120 valence electrons. The summed E-state index contributed by atoms with van der Waals surface area (Å²) in [4.78, 5) is 4.41. The maximum atomic E-state index is 5.34. The van der Waals surface area contributed by atoms with Gasteiger partial charge < -0.3 is 5.73 Å². The molecule has 0 aliphatic heterocycles. The fourth-order valence-electron chi connectivity index (χ4n) is 3.20. The van der Waals surface area contributed by atoms with Crippen molar-refractivity contribution in [2.75, 3.05) is 0 Å². The van der Waals surface area contributed by atoms with Crippen LogP contribution in [0.25, 0.3) is 11.3 Å². The van der Waals surface area contributed by atoms with Gasteiger partial charge in [0.05, 0.1) is 11.4 Å². The minimum Gasteiger partial charge on any atom is -0.405 e. The van der Waals surface area contributed by atoms with Gasteiger partial charge in [0.15, 0.2) is 0 Å². The highest BCUT2D eigenvalue weighted by atomic mass is 15.3. The van der Waals surface area contributed by atoms with Crippen molar-refractivity contribution >= 4 is 11.9 Å². The van der Waals surface area contributed by atoms with E-state index in [1.165, 1.54) is 30.3 Å². The van der Waals surface area contributed by atoms with E-state index in [0.29, 0.717) is 6.04 Å². The molecule has 1 aliphatic carbocycles. The Morgan fingerprint density at radius 3 is 2.87 bits per heavy atom. The van der Waals surface area contributed by atoms with Crippen LogP contribution in [0.5, 0.6) is 0 Å². The number of nitrogens with two attached hydrogens (primary N) is 1. The number of hydrogen-bond donors (Lipinski definition) is 1. The SMILES string of the molecule is CC(C)n1nc(-c2cccc(N=C/C=C\N)c2)c2c1CCCC2. The predicted molar refractivity (Wildman–Crippen MR) is 96.2 cm³/mol. The molecule has 2 N–H and O–H groups in total. The van der Waals surface area contributed by atoms with Gasteiger partial charge in [-0.3, -0.25) is 9.67 Å². The van der Waals surface area contributed by atoms with Crippen LogP contribution in [0, 0.1) is 0 Å². The van der Waals surface area contributed by atoms with Crippen molar-refractivity contribution in [2.24, 2.45) is 10.7 Å². The summed E-state index contributed by atoms with van der Waals surface area (Å²) in [7, 11) is 0. The first-order valence-electron chi connectivity index (χ1n) is 8.32. The molecule has 0 saturated carbocycles. The first-order valence-corrected chi connectivity index (χ1v) is 8.32. The van der Waals surface area contributed by atoms with Crippen LogP contribution in [0.15, 0.2) is 41.5 Å². The fraction of sp³-hybridized carbons (Fsp3) is 0.368. The molecule has 23 heavy (non-hydrogen) atoms. The van der Waals surface area contributed by atoms with Gasteiger partial charge in [0.1, 0.15) is 0 Å². The van der Waals surface area contributed by atoms with Gasteiger partial charge >= 0.3 is 0 Å². The molecule has 0 fully saturated rings. The average molecular weight is 308 g/mol. The number of hydrogen-bond acceptors (Lipinski definition) is 3. The van der Waals surface area contributed by atoms with E-state index in [9.17, 15) is 0 Å². The average Bonchev–Trinajstić information content (AvgIpc) is 2.95. The molecular formula is C19H24N4. The van der Waals surface area contributed by atoms with Crippen molar-refractivity contribution in [3.8, 4) is 11.3 Å². The molecule has 1 aliphatic rings. The van der Waals surface area contributed by atoms with Crippen molar-refractivity contribution in [3.05, 3.63) is 47.8 Å². The van der Waals surface area contributed by atoms with Gasteiger partial charge in [0.25, 0.3) is 0 Å². The summed E-state index contributed by atoms with van der Waals surface area (Å²) in [5.74, 6) is 0. The Hall–Kier alpha value is -2.36. The van der Waals surface area contributed by atoms with Crippen LogP contribution < -0.4 is 5.73 Å². The monoisotopic (exact) mass is 308 g/mol. The van der Waals surface area contributed by atoms with Crippen LogP contribution in [0.2, 0.25) is 0 Å². The second-order valence-electron chi connectivity index (χ2n) is 6.23. The van der Waals surface area contributed by atoms with E-state index in [1.54, 1.807) is 12.3 Å². The van der Waals surface area contributed by atoms with Crippen LogP contribution in [0.3, 0.4) is 0 Å². The molecule has 0 amide bonds. The normalized spacial score (nSPS) is 14.9. The molecule has 1 heterocycles. The molecule has 4 nitrogen and oxygen atoms in total. The van der Waals surface area contributed by atoms with E-state index < -0.39 is 0 Å². The molecule has 4 heteroatoms. The molecule has 0 bridgehead atoms. The number of allylic oxidation sites excluding steroid dienone is 1. The first kappa shape index (κ1) is 15.5. The lowest BCUT2D eigenvalue weighted by atomic mass is 9.93. The minimum absolute atomic E-state index is 0.395. The molecule has 0 unspecified atom stereocenters. The van der Waals surface area contributed by atoms with Gasteiger partial charge in [0.2, 0.25) is 0 Å². The third-order valence-corrected chi connectivity index (χ3v) is 4.24. The molecule has 3 rings (SSSR count). The van der Waals surface area contributed by atoms with Gasteiger partial charge in [-0.1, -0.05) is 12.1 Å². The van der Waals surface area contributed by atoms with Crippen LogP contribution in [0.1, 0.15) is 44.0 Å². The first-order chi connectivity index (χ1) is 11.2. The number of aromatic nitrogens is 2. The summed E-state index contributed by atoms with van der Waals surface area (Å²) in [5.41, 5.74) is 11.4. The quantitative estimate of drug-likeness (QED) is 0.861. The third kappa shape index (κ3) is 3.21. The Labute approximate surface area is 137 Å². The summed E-state index contributed by atoms with van der Waals surface area (Å²) in [5, 5.41) is 4.93. The van der Waals surface area contributed by atoms with E-state index in [-0.39, 0.29) is 0 Å². The van der Waals surface area contributed by atoms with Gasteiger partial charge in [0, 0.05) is 29.1 Å². The molecule has 0 saturated heterocycles. The lowest BCUT2D eigenvalue weighted by Gasteiger charge is -2.16. The number of benzene rings is 1. The summed E-state index contributed by atoms with van der Waals surface area (Å²) in [6, 6.07) is 8.66. The second-order valence-corrected chi connectivity index (χ2v) is 6.23. The van der Waals surface area contributed by atoms with Gasteiger partial charge in [-0.05, 0) is 63.9 Å². The van der Waals surface area contributed by atoms with E-state index in [1.807, 2.05) is 12.1 Å². The van der Waals surface area contributed by atoms with E-state index >= 15 is 0 Å². The summed E-state index contributed by atoms with van der Waals surface area (Å²) in [6.45, 7) is 4.40. The molecule has 1 aromatic carbocycles. The van der Waals surface area contributed by atoms with E-state index in [4.69, 9.17) is 10.8 Å². The summed E-state index contributed by atoms with van der Waals surface area (Å²) >= 11 is 0. The number of rotatable bonds is 4. The van der Waals surface area contributed by atoms with Crippen molar-refractivity contribution in [1.82, 2.24) is 9.78 Å². The zero-order valence-electron chi connectivity index (χ0n) is 13.9. The lowest BCUT2D eigenvalue weighted by molar-refractivity contribution is 0.496. The van der Waals surface area contributed by atoms with Crippen LogP contribution in [-0.4, -0.2) is 16.0 Å². The van der Waals surface area contributed by atoms with Gasteiger partial charge in [-0.2, -0.15) is 5.10 Å². The molecule has 0 spiro atoms. The third-order valence-electron chi connectivity index (χ3n) is 4.24. The highest BCUT2D eigenvalue weighted by Gasteiger charge is 2.22. The van der Waals surface area contributed by atoms with Gasteiger partial charge in [-0.15, -0.1) is 0 Å². The predicted octanol–water partition coefficient (Wildman–Crippen LogP) is 4.18. The smallest absolute Gasteiger partial charge is 0.0958 e. The Balaban J connectivity index is 2.03. The van der Waals surface area contributed by atoms with E-state index in [2.05, 4.69) is 35.7 Å². The van der Waals surface area contributed by atoms with Crippen LogP contribution in [0.4, 0.5) is 5.69 Å². The van der Waals surface area contributed by atoms with Crippen molar-refractivity contribution in [2.45, 2.75) is 45.6 Å². The molecule has 2 aromatic rings. The zero-order valence-corrected chi connectivity index (χ0v) is 13.9. The number of aliphatic imine (C=N–C) groups is 1. The number of fused-ring (bicyclic) bond motifs is 1. The zero-order chi connectivity index (χ0) is 16.2. The highest BCUT2D eigenvalue weighted by Crippen LogP contribution is 2.33. The second kappa shape index (κ2) is 6.82. The van der Waals surface area contributed by atoms with Crippen molar-refractivity contribution < 1.29 is 0 Å². The molecule has 0 radical (unpaired) electrons. The number of nitrogens with zero attached hydrogens (tertiary/aromatic N) is 3. The highest BCUT2D eigenvalue weighted by molar-refractivity contribution is 5.76. The topological polar surface area (TPSA) is 56.2 Å². The molecule has 1 aromatic heterocycles. The largest absolute Gasteiger partial charge is 0.405 e. The van der Waals surface area contributed by atoms with Crippen molar-refractivity contribution in [3.63, 3.8) is 0 Å². The summed E-state index contributed by atoms with van der Waals surface area (Å²) in [6.07, 6.45) is 9.70. The Kier molecular flexibility index (Phi) is 4.60. The standard InChI is InChI=1S/C19H24N4/c1-14(2)23-18-10-4-3-9-17(18)19(22-23)15-7-5-8-16(13-15)21-12-6-11-20/h5-8,11-14H,3-4,9-10,20H2,1-2H3/b11-6-,21-12?. The maximum Gasteiger partial charge on any atom is 0.0958 e. The molecular weight excluding hydrogens is 284 g/mol. The summed E-state index contributed by atoms with van der Waals surface area (Å²) < 4.78 is 2.21. The molecule has 0 atom stereocenters. The Morgan fingerprint density at radius 2 is 2.09 bits per heavy atom. The van der Waals surface area contributed by atoms with E-state index in [0.717, 1.165) is 29.8 Å². The van der Waals surface area contributed by atoms with Gasteiger partial charge in [-0.25, -0.2) is 0 Å². The maximum absolute atomic E-state index is 5.34. The minimum atomic E-state index is 0.395. The van der Waals surface area contributed by atoms with Crippen LogP contribution in [-0.2, 0) is 12.8 Å². The van der Waals surface area contributed by atoms with Crippen LogP contribution >= 0.6 is 0 Å². The van der Waals surface area contributed by atoms with Crippen molar-refractivity contribution in [1.29, 1.82) is 0 Å².